The molecule has 0 fully saturated rings. The van der Waals surface area contributed by atoms with Crippen LogP contribution in [0, 0.1) is 0 Å². The van der Waals surface area contributed by atoms with Crippen LogP contribution in [-0.4, -0.2) is 16.6 Å². The van der Waals surface area contributed by atoms with Crippen LogP contribution < -0.4 is 5.73 Å². The third-order valence-electron chi connectivity index (χ3n) is 1.67. The first-order valence-electron chi connectivity index (χ1n) is 4.12. The van der Waals surface area contributed by atoms with E-state index in [1.54, 1.807) is 18.2 Å². The van der Waals surface area contributed by atoms with Crippen molar-refractivity contribution in [2.24, 2.45) is 5.73 Å². The molecule has 1 heterocycles. The molecule has 1 aromatic heterocycles. The standard InChI is InChI=1S/C9H7ClN2O2S/c10-5-1-2-7-6(3-5)12-9(14-7)15-4-8(11)13/h1-3H,4H2,(H2,11,13). The van der Waals surface area contributed by atoms with Gasteiger partial charge in [0.1, 0.15) is 5.52 Å². The van der Waals surface area contributed by atoms with E-state index in [-0.39, 0.29) is 5.75 Å². The van der Waals surface area contributed by atoms with Crippen molar-refractivity contribution in [3.8, 4) is 0 Å². The average molecular weight is 243 g/mol. The number of nitrogens with two attached hydrogens (primary N) is 1. The number of thioether (sulfide) groups is 1. The summed E-state index contributed by atoms with van der Waals surface area (Å²) in [7, 11) is 0. The van der Waals surface area contributed by atoms with E-state index in [9.17, 15) is 4.79 Å². The van der Waals surface area contributed by atoms with E-state index < -0.39 is 5.91 Å². The van der Waals surface area contributed by atoms with Gasteiger partial charge in [0.05, 0.1) is 5.75 Å². The second-order valence-electron chi connectivity index (χ2n) is 2.85. The molecule has 0 saturated carbocycles. The molecule has 15 heavy (non-hydrogen) atoms. The lowest BCUT2D eigenvalue weighted by atomic mass is 10.3. The molecule has 0 bridgehead atoms. The van der Waals surface area contributed by atoms with Crippen molar-refractivity contribution in [1.82, 2.24) is 4.98 Å². The molecule has 2 aromatic rings. The van der Waals surface area contributed by atoms with Gasteiger partial charge in [0.15, 0.2) is 5.58 Å². The number of amides is 1. The predicted octanol–water partition coefficient (Wildman–Crippen LogP) is 2.06. The Morgan fingerprint density at radius 2 is 2.40 bits per heavy atom. The second kappa shape index (κ2) is 4.12. The smallest absolute Gasteiger partial charge is 0.257 e. The maximum Gasteiger partial charge on any atom is 0.257 e. The lowest BCUT2D eigenvalue weighted by molar-refractivity contribution is -0.115. The van der Waals surface area contributed by atoms with E-state index in [2.05, 4.69) is 4.98 Å². The molecular weight excluding hydrogens is 236 g/mol. The molecule has 0 saturated heterocycles. The highest BCUT2D eigenvalue weighted by Gasteiger charge is 2.07. The van der Waals surface area contributed by atoms with Crippen molar-refractivity contribution >= 4 is 40.4 Å². The number of halogens is 1. The summed E-state index contributed by atoms with van der Waals surface area (Å²) in [5.74, 6) is -0.249. The van der Waals surface area contributed by atoms with E-state index in [0.29, 0.717) is 21.3 Å². The molecule has 0 unspecified atom stereocenters. The van der Waals surface area contributed by atoms with Gasteiger partial charge in [0.2, 0.25) is 5.91 Å². The van der Waals surface area contributed by atoms with Crippen molar-refractivity contribution in [2.45, 2.75) is 5.22 Å². The van der Waals surface area contributed by atoms with Gasteiger partial charge in [-0.2, -0.15) is 0 Å². The van der Waals surface area contributed by atoms with Crippen LogP contribution in [0.4, 0.5) is 0 Å². The van der Waals surface area contributed by atoms with Gasteiger partial charge < -0.3 is 10.2 Å². The Morgan fingerprint density at radius 3 is 3.13 bits per heavy atom. The van der Waals surface area contributed by atoms with Gasteiger partial charge in [0.25, 0.3) is 5.22 Å². The Hall–Kier alpha value is -1.20. The maximum atomic E-state index is 10.6. The zero-order valence-electron chi connectivity index (χ0n) is 7.57. The largest absolute Gasteiger partial charge is 0.431 e. The lowest BCUT2D eigenvalue weighted by Gasteiger charge is -1.89. The molecule has 0 atom stereocenters. The SMILES string of the molecule is NC(=O)CSc1nc2cc(Cl)ccc2o1. The predicted molar refractivity (Wildman–Crippen MR) is 58.9 cm³/mol. The van der Waals surface area contributed by atoms with Crippen LogP contribution in [0.2, 0.25) is 5.02 Å². The summed E-state index contributed by atoms with van der Waals surface area (Å²) < 4.78 is 5.36. The molecule has 2 N–H and O–H groups in total. The van der Waals surface area contributed by atoms with Gasteiger partial charge in [0, 0.05) is 5.02 Å². The molecule has 1 amide bonds. The monoisotopic (exact) mass is 242 g/mol. The molecule has 0 aliphatic rings. The summed E-state index contributed by atoms with van der Waals surface area (Å²) in [5.41, 5.74) is 6.33. The highest BCUT2D eigenvalue weighted by molar-refractivity contribution is 7.99. The Bertz CT molecular complexity index is 512. The number of primary amides is 1. The van der Waals surface area contributed by atoms with E-state index in [1.807, 2.05) is 0 Å². The Kier molecular flexibility index (Phi) is 2.83. The van der Waals surface area contributed by atoms with Crippen LogP contribution in [0.5, 0.6) is 0 Å². The van der Waals surface area contributed by atoms with Gasteiger partial charge in [-0.15, -0.1) is 0 Å². The van der Waals surface area contributed by atoms with Gasteiger partial charge in [-0.1, -0.05) is 23.4 Å². The minimum absolute atomic E-state index is 0.153. The fourth-order valence-electron chi connectivity index (χ4n) is 1.07. The first-order valence-corrected chi connectivity index (χ1v) is 5.49. The Morgan fingerprint density at radius 1 is 1.60 bits per heavy atom. The zero-order chi connectivity index (χ0) is 10.8. The highest BCUT2D eigenvalue weighted by Crippen LogP contribution is 2.25. The summed E-state index contributed by atoms with van der Waals surface area (Å²) >= 11 is 6.96. The van der Waals surface area contributed by atoms with Crippen molar-refractivity contribution in [1.29, 1.82) is 0 Å². The van der Waals surface area contributed by atoms with Gasteiger partial charge in [-0.05, 0) is 18.2 Å². The van der Waals surface area contributed by atoms with E-state index in [1.165, 1.54) is 0 Å². The molecule has 0 aliphatic carbocycles. The van der Waals surface area contributed by atoms with Crippen LogP contribution in [0.1, 0.15) is 0 Å². The number of hydrogen-bond acceptors (Lipinski definition) is 4. The van der Waals surface area contributed by atoms with Crippen molar-refractivity contribution in [3.63, 3.8) is 0 Å². The highest BCUT2D eigenvalue weighted by atomic mass is 35.5. The maximum absolute atomic E-state index is 10.6. The van der Waals surface area contributed by atoms with Crippen molar-refractivity contribution in [3.05, 3.63) is 23.2 Å². The lowest BCUT2D eigenvalue weighted by Crippen LogP contribution is -2.12. The molecule has 4 nitrogen and oxygen atoms in total. The van der Waals surface area contributed by atoms with Crippen LogP contribution in [0.25, 0.3) is 11.1 Å². The normalized spacial score (nSPS) is 10.7. The number of rotatable bonds is 3. The number of carbonyl (C=O) groups excluding carboxylic acids is 1. The molecule has 0 aliphatic heterocycles. The summed E-state index contributed by atoms with van der Waals surface area (Å²) in [4.78, 5) is 14.7. The number of oxazole rings is 1. The van der Waals surface area contributed by atoms with Gasteiger partial charge in [-0.25, -0.2) is 4.98 Å². The number of hydrogen-bond donors (Lipinski definition) is 1. The van der Waals surface area contributed by atoms with Crippen LogP contribution in [0.3, 0.4) is 0 Å². The molecule has 1 aromatic carbocycles. The van der Waals surface area contributed by atoms with Crippen LogP contribution >= 0.6 is 23.4 Å². The van der Waals surface area contributed by atoms with Crippen molar-refractivity contribution in [2.75, 3.05) is 5.75 Å². The van der Waals surface area contributed by atoms with E-state index in [0.717, 1.165) is 11.8 Å². The number of fused-ring (bicyclic) bond motifs is 1. The zero-order valence-corrected chi connectivity index (χ0v) is 9.14. The number of benzene rings is 1. The molecule has 2 rings (SSSR count). The first kappa shape index (κ1) is 10.3. The van der Waals surface area contributed by atoms with Crippen LogP contribution in [-0.2, 0) is 4.79 Å². The summed E-state index contributed by atoms with van der Waals surface area (Å²) in [6.07, 6.45) is 0. The van der Waals surface area contributed by atoms with Gasteiger partial charge in [-0.3, -0.25) is 4.79 Å². The quantitative estimate of drug-likeness (QED) is 0.837. The average Bonchev–Trinajstić information content (AvgIpc) is 2.56. The molecule has 78 valence electrons. The third-order valence-corrected chi connectivity index (χ3v) is 2.75. The fraction of sp³-hybridized carbons (Fsp3) is 0.111. The minimum Gasteiger partial charge on any atom is -0.431 e. The minimum atomic E-state index is -0.403. The molecule has 0 radical (unpaired) electrons. The first-order chi connectivity index (χ1) is 7.15. The number of carbonyl (C=O) groups is 1. The number of nitrogens with zero attached hydrogens (tertiary/aromatic N) is 1. The van der Waals surface area contributed by atoms with Crippen LogP contribution in [0.15, 0.2) is 27.8 Å². The van der Waals surface area contributed by atoms with E-state index >= 15 is 0 Å². The topological polar surface area (TPSA) is 69.1 Å². The molecular formula is C9H7ClN2O2S. The van der Waals surface area contributed by atoms with Gasteiger partial charge >= 0.3 is 0 Å². The van der Waals surface area contributed by atoms with E-state index in [4.69, 9.17) is 21.8 Å². The fourth-order valence-corrected chi connectivity index (χ4v) is 1.82. The van der Waals surface area contributed by atoms with Crippen molar-refractivity contribution < 1.29 is 9.21 Å². The third kappa shape index (κ3) is 2.43. The number of aromatic nitrogens is 1. The Labute approximate surface area is 94.8 Å². The Balaban J connectivity index is 2.27. The second-order valence-corrected chi connectivity index (χ2v) is 4.21. The summed E-state index contributed by atoms with van der Waals surface area (Å²) in [5, 5.41) is 1.02. The molecule has 6 heteroatoms. The summed E-state index contributed by atoms with van der Waals surface area (Å²) in [6.45, 7) is 0. The summed E-state index contributed by atoms with van der Waals surface area (Å²) in [6, 6.07) is 5.16. The molecule has 0 spiro atoms.